The Hall–Kier alpha value is -1.59. The van der Waals surface area contributed by atoms with Crippen molar-refractivity contribution in [1.29, 1.82) is 0 Å². The quantitative estimate of drug-likeness (QED) is 0.248. The largest absolute Gasteiger partial charge is 0.409 e. The van der Waals surface area contributed by atoms with E-state index in [9.17, 15) is 5.11 Å². The Morgan fingerprint density at radius 3 is 2.56 bits per heavy atom. The molecular weight excluding hydrogens is 230 g/mol. The molecule has 0 heterocycles. The van der Waals surface area contributed by atoms with E-state index >= 15 is 0 Å². The maximum absolute atomic E-state index is 9.38. The highest BCUT2D eigenvalue weighted by Crippen LogP contribution is 2.04. The van der Waals surface area contributed by atoms with Gasteiger partial charge >= 0.3 is 0 Å². The molecule has 0 saturated carbocycles. The molecule has 1 aromatic rings. The summed E-state index contributed by atoms with van der Waals surface area (Å²) in [5.74, 6) is 0.143. The standard InChI is InChI=1S/C13H21N3O2/c1-2-12(13(14)16-18)15-11(9-17)8-10-6-4-3-5-7-10/h3-7,11-12,15,17-18H,2,8-9H2,1H3,(H2,14,16). The molecule has 0 saturated heterocycles. The number of aliphatic hydroxyl groups is 1. The molecule has 100 valence electrons. The van der Waals surface area contributed by atoms with Crippen LogP contribution < -0.4 is 11.1 Å². The minimum Gasteiger partial charge on any atom is -0.409 e. The summed E-state index contributed by atoms with van der Waals surface area (Å²) in [5, 5.41) is 24.2. The lowest BCUT2D eigenvalue weighted by Crippen LogP contribution is -2.48. The lowest BCUT2D eigenvalue weighted by atomic mass is 10.0. The smallest absolute Gasteiger partial charge is 0.156 e. The summed E-state index contributed by atoms with van der Waals surface area (Å²) in [7, 11) is 0. The zero-order valence-corrected chi connectivity index (χ0v) is 10.6. The van der Waals surface area contributed by atoms with Crippen LogP contribution in [0.3, 0.4) is 0 Å². The average Bonchev–Trinajstić information content (AvgIpc) is 2.43. The summed E-state index contributed by atoms with van der Waals surface area (Å²) in [5.41, 5.74) is 6.72. The highest BCUT2D eigenvalue weighted by atomic mass is 16.4. The zero-order chi connectivity index (χ0) is 13.4. The van der Waals surface area contributed by atoms with Gasteiger partial charge < -0.3 is 21.4 Å². The van der Waals surface area contributed by atoms with Gasteiger partial charge in [-0.1, -0.05) is 42.4 Å². The molecule has 5 heteroatoms. The topological polar surface area (TPSA) is 90.9 Å². The Morgan fingerprint density at radius 2 is 2.06 bits per heavy atom. The number of amidine groups is 1. The molecule has 0 radical (unpaired) electrons. The normalized spacial score (nSPS) is 15.3. The van der Waals surface area contributed by atoms with Crippen molar-refractivity contribution in [2.45, 2.75) is 31.8 Å². The van der Waals surface area contributed by atoms with Gasteiger partial charge in [-0.15, -0.1) is 0 Å². The minimum absolute atomic E-state index is 0.00407. The molecule has 18 heavy (non-hydrogen) atoms. The molecule has 2 unspecified atom stereocenters. The maximum Gasteiger partial charge on any atom is 0.156 e. The van der Waals surface area contributed by atoms with Gasteiger partial charge in [0, 0.05) is 6.04 Å². The van der Waals surface area contributed by atoms with E-state index in [1.165, 1.54) is 0 Å². The number of nitrogens with one attached hydrogen (secondary N) is 1. The van der Waals surface area contributed by atoms with Crippen molar-refractivity contribution in [2.75, 3.05) is 6.61 Å². The number of nitrogens with zero attached hydrogens (tertiary/aromatic N) is 1. The Morgan fingerprint density at radius 1 is 1.39 bits per heavy atom. The number of benzene rings is 1. The van der Waals surface area contributed by atoms with Gasteiger partial charge in [0.1, 0.15) is 0 Å². The highest BCUT2D eigenvalue weighted by Gasteiger charge is 2.17. The molecule has 0 aromatic heterocycles. The molecule has 0 amide bonds. The number of aliphatic hydroxyl groups excluding tert-OH is 1. The lowest BCUT2D eigenvalue weighted by molar-refractivity contribution is 0.235. The van der Waals surface area contributed by atoms with Crippen molar-refractivity contribution in [1.82, 2.24) is 5.32 Å². The van der Waals surface area contributed by atoms with Gasteiger partial charge in [-0.3, -0.25) is 0 Å². The van der Waals surface area contributed by atoms with Crippen molar-refractivity contribution in [3.8, 4) is 0 Å². The minimum atomic E-state index is -0.226. The summed E-state index contributed by atoms with van der Waals surface area (Å²) < 4.78 is 0. The van der Waals surface area contributed by atoms with Crippen LogP contribution in [0.2, 0.25) is 0 Å². The molecule has 1 rings (SSSR count). The van der Waals surface area contributed by atoms with Crippen molar-refractivity contribution >= 4 is 5.84 Å². The van der Waals surface area contributed by atoms with Crippen molar-refractivity contribution in [3.05, 3.63) is 35.9 Å². The molecule has 5 N–H and O–H groups in total. The van der Waals surface area contributed by atoms with Crippen molar-refractivity contribution in [2.24, 2.45) is 10.9 Å². The van der Waals surface area contributed by atoms with Gasteiger partial charge in [0.2, 0.25) is 0 Å². The Balaban J connectivity index is 2.61. The third-order valence-electron chi connectivity index (χ3n) is 2.86. The van der Waals surface area contributed by atoms with Crippen LogP contribution in [0.5, 0.6) is 0 Å². The summed E-state index contributed by atoms with van der Waals surface area (Å²) in [6.45, 7) is 1.94. The van der Waals surface area contributed by atoms with Crippen LogP contribution in [0.1, 0.15) is 18.9 Å². The summed E-state index contributed by atoms with van der Waals surface area (Å²) >= 11 is 0. The Labute approximate surface area is 107 Å². The number of nitrogens with two attached hydrogens (primary N) is 1. The predicted octanol–water partition coefficient (Wildman–Crippen LogP) is 0.705. The zero-order valence-electron chi connectivity index (χ0n) is 10.6. The second-order valence-electron chi connectivity index (χ2n) is 4.22. The van der Waals surface area contributed by atoms with E-state index in [4.69, 9.17) is 10.9 Å². The number of hydrogen-bond donors (Lipinski definition) is 4. The van der Waals surface area contributed by atoms with Crippen LogP contribution in [-0.2, 0) is 6.42 Å². The monoisotopic (exact) mass is 251 g/mol. The van der Waals surface area contributed by atoms with Crippen molar-refractivity contribution in [3.63, 3.8) is 0 Å². The average molecular weight is 251 g/mol. The van der Waals surface area contributed by atoms with E-state index < -0.39 is 0 Å². The summed E-state index contributed by atoms with van der Waals surface area (Å²) in [4.78, 5) is 0. The van der Waals surface area contributed by atoms with Crippen LogP contribution in [-0.4, -0.2) is 34.8 Å². The fraction of sp³-hybridized carbons (Fsp3) is 0.462. The van der Waals surface area contributed by atoms with Gasteiger partial charge in [-0.25, -0.2) is 0 Å². The first kappa shape index (κ1) is 14.5. The summed E-state index contributed by atoms with van der Waals surface area (Å²) in [6.07, 6.45) is 1.40. The number of oxime groups is 1. The fourth-order valence-corrected chi connectivity index (χ4v) is 1.84. The molecule has 2 atom stereocenters. The molecule has 5 nitrogen and oxygen atoms in total. The molecular formula is C13H21N3O2. The van der Waals surface area contributed by atoms with Crippen LogP contribution in [0.25, 0.3) is 0 Å². The van der Waals surface area contributed by atoms with Gasteiger partial charge in [0.15, 0.2) is 5.84 Å². The maximum atomic E-state index is 9.38. The van der Waals surface area contributed by atoms with Crippen LogP contribution in [0.4, 0.5) is 0 Å². The van der Waals surface area contributed by atoms with Gasteiger partial charge in [-0.05, 0) is 18.4 Å². The van der Waals surface area contributed by atoms with E-state index in [1.54, 1.807) is 0 Å². The summed E-state index contributed by atoms with van der Waals surface area (Å²) in [6, 6.07) is 9.56. The number of hydrogen-bond acceptors (Lipinski definition) is 4. The van der Waals surface area contributed by atoms with Gasteiger partial charge in [-0.2, -0.15) is 0 Å². The predicted molar refractivity (Wildman–Crippen MR) is 71.6 cm³/mol. The molecule has 0 spiro atoms. The Bertz CT molecular complexity index is 368. The second-order valence-corrected chi connectivity index (χ2v) is 4.22. The Kier molecular flexibility index (Phi) is 6.18. The third-order valence-corrected chi connectivity index (χ3v) is 2.86. The van der Waals surface area contributed by atoms with Gasteiger partial charge in [0.05, 0.1) is 12.6 Å². The fourth-order valence-electron chi connectivity index (χ4n) is 1.84. The first-order chi connectivity index (χ1) is 8.71. The molecule has 1 aromatic carbocycles. The molecule has 0 fully saturated rings. The van der Waals surface area contributed by atoms with Crippen LogP contribution >= 0.6 is 0 Å². The van der Waals surface area contributed by atoms with E-state index in [0.29, 0.717) is 12.8 Å². The molecule has 0 bridgehead atoms. The third kappa shape index (κ3) is 4.35. The molecule has 0 aliphatic rings. The highest BCUT2D eigenvalue weighted by molar-refractivity contribution is 5.85. The van der Waals surface area contributed by atoms with E-state index in [1.807, 2.05) is 37.3 Å². The van der Waals surface area contributed by atoms with E-state index in [2.05, 4.69) is 10.5 Å². The van der Waals surface area contributed by atoms with Crippen molar-refractivity contribution < 1.29 is 10.3 Å². The lowest BCUT2D eigenvalue weighted by Gasteiger charge is -2.22. The first-order valence-corrected chi connectivity index (χ1v) is 6.09. The van der Waals surface area contributed by atoms with E-state index in [-0.39, 0.29) is 24.5 Å². The molecule has 0 aliphatic carbocycles. The van der Waals surface area contributed by atoms with Crippen LogP contribution in [0.15, 0.2) is 35.5 Å². The SMILES string of the molecule is CCC(NC(CO)Cc1ccccc1)C(N)=NO. The van der Waals surface area contributed by atoms with Crippen LogP contribution in [0, 0.1) is 0 Å². The second kappa shape index (κ2) is 7.68. The van der Waals surface area contributed by atoms with E-state index in [0.717, 1.165) is 5.56 Å². The number of rotatable bonds is 7. The first-order valence-electron chi connectivity index (χ1n) is 6.09. The van der Waals surface area contributed by atoms with Gasteiger partial charge in [0.25, 0.3) is 0 Å². The molecule has 0 aliphatic heterocycles.